The normalized spacial score (nSPS) is 9.50. The van der Waals surface area contributed by atoms with Gasteiger partial charge in [0.2, 0.25) is 0 Å². The summed E-state index contributed by atoms with van der Waals surface area (Å²) in [4.78, 5) is 10.5. The lowest BCUT2D eigenvalue weighted by molar-refractivity contribution is 0.230. The predicted molar refractivity (Wildman–Crippen MR) is 52.4 cm³/mol. The lowest BCUT2D eigenvalue weighted by Gasteiger charge is -2.00. The number of ether oxygens (including phenoxy) is 1. The number of hydrogen-bond acceptors (Lipinski definition) is 3. The zero-order chi connectivity index (χ0) is 8.97. The third kappa shape index (κ3) is 2.78. The van der Waals surface area contributed by atoms with Crippen LogP contribution in [0.5, 0.6) is 5.75 Å². The maximum Gasteiger partial charge on any atom is 0.372 e. The van der Waals surface area contributed by atoms with E-state index in [4.69, 9.17) is 9.84 Å². The van der Waals surface area contributed by atoms with E-state index in [1.54, 1.807) is 46.9 Å². The van der Waals surface area contributed by atoms with Crippen molar-refractivity contribution in [2.45, 2.75) is 6.61 Å². The molecule has 3 nitrogen and oxygen atoms in total. The molecule has 64 valence electrons. The van der Waals surface area contributed by atoms with Gasteiger partial charge in [0.05, 0.1) is 29.2 Å². The SMILES string of the molecule is O=C(I)Oc1ccc(CO)cc1. The molecule has 0 aromatic heterocycles. The first-order chi connectivity index (χ1) is 5.72. The Morgan fingerprint density at radius 3 is 2.42 bits per heavy atom. The first-order valence-corrected chi connectivity index (χ1v) is 4.37. The van der Waals surface area contributed by atoms with Gasteiger partial charge in [0.1, 0.15) is 5.75 Å². The van der Waals surface area contributed by atoms with E-state index >= 15 is 0 Å². The molecule has 1 aromatic carbocycles. The minimum Gasteiger partial charge on any atom is -0.419 e. The van der Waals surface area contributed by atoms with E-state index in [1.165, 1.54) is 0 Å². The highest BCUT2D eigenvalue weighted by molar-refractivity contribution is 14.1. The van der Waals surface area contributed by atoms with Crippen LogP contribution in [0.2, 0.25) is 0 Å². The number of hydrogen-bond donors (Lipinski definition) is 1. The second kappa shape index (κ2) is 4.42. The van der Waals surface area contributed by atoms with Crippen LogP contribution in [0.3, 0.4) is 0 Å². The Kier molecular flexibility index (Phi) is 3.48. The summed E-state index contributed by atoms with van der Waals surface area (Å²) in [5.74, 6) is 0.492. The van der Waals surface area contributed by atoms with E-state index in [-0.39, 0.29) is 10.6 Å². The Morgan fingerprint density at radius 2 is 2.00 bits per heavy atom. The van der Waals surface area contributed by atoms with Crippen molar-refractivity contribution in [2.24, 2.45) is 0 Å². The van der Waals surface area contributed by atoms with Crippen molar-refractivity contribution in [2.75, 3.05) is 0 Å². The van der Waals surface area contributed by atoms with Crippen LogP contribution in [0.25, 0.3) is 0 Å². The van der Waals surface area contributed by atoms with Gasteiger partial charge in [0.15, 0.2) is 0 Å². The van der Waals surface area contributed by atoms with Crippen LogP contribution in [0.15, 0.2) is 24.3 Å². The predicted octanol–water partition coefficient (Wildman–Crippen LogP) is 2.11. The van der Waals surface area contributed by atoms with E-state index in [2.05, 4.69) is 0 Å². The minimum absolute atomic E-state index is 0.00153. The number of rotatable bonds is 2. The second-order valence-electron chi connectivity index (χ2n) is 2.14. The lowest BCUT2D eigenvalue weighted by Crippen LogP contribution is -1.95. The maximum absolute atomic E-state index is 10.5. The van der Waals surface area contributed by atoms with Gasteiger partial charge in [0.25, 0.3) is 0 Å². The Labute approximate surface area is 83.5 Å². The molecule has 0 aliphatic heterocycles. The fourth-order valence-electron chi connectivity index (χ4n) is 0.756. The highest BCUT2D eigenvalue weighted by Crippen LogP contribution is 2.13. The summed E-state index contributed by atoms with van der Waals surface area (Å²) in [5.41, 5.74) is 0.795. The number of carbonyl (C=O) groups is 1. The van der Waals surface area contributed by atoms with Gasteiger partial charge in [-0.25, -0.2) is 4.79 Å². The number of aliphatic hydroxyl groups is 1. The van der Waals surface area contributed by atoms with Crippen LogP contribution in [-0.4, -0.2) is 9.08 Å². The molecule has 1 aromatic rings. The molecule has 0 heterocycles. The molecule has 0 atom stereocenters. The Hall–Kier alpha value is -0.620. The van der Waals surface area contributed by atoms with Crippen molar-refractivity contribution < 1.29 is 14.6 Å². The summed E-state index contributed by atoms with van der Waals surface area (Å²) in [7, 11) is 0. The molecule has 0 unspecified atom stereocenters. The maximum atomic E-state index is 10.5. The van der Waals surface area contributed by atoms with Gasteiger partial charge in [-0.05, 0) is 17.7 Å². The Morgan fingerprint density at radius 1 is 1.42 bits per heavy atom. The molecule has 1 rings (SSSR count). The lowest BCUT2D eigenvalue weighted by atomic mass is 10.2. The molecular formula is C8H7IO3. The fourth-order valence-corrected chi connectivity index (χ4v) is 1.01. The summed E-state index contributed by atoms with van der Waals surface area (Å²) in [6, 6.07) is 6.69. The molecule has 12 heavy (non-hydrogen) atoms. The van der Waals surface area contributed by atoms with Gasteiger partial charge in [-0.3, -0.25) is 0 Å². The molecule has 0 radical (unpaired) electrons. The third-order valence-electron chi connectivity index (χ3n) is 1.30. The standard InChI is InChI=1S/C8H7IO3/c9-8(11)12-7-3-1-6(5-10)2-4-7/h1-4,10H,5H2. The zero-order valence-electron chi connectivity index (χ0n) is 6.16. The van der Waals surface area contributed by atoms with Gasteiger partial charge < -0.3 is 9.84 Å². The van der Waals surface area contributed by atoms with E-state index in [0.717, 1.165) is 5.56 Å². The van der Waals surface area contributed by atoms with Crippen LogP contribution < -0.4 is 4.74 Å². The molecule has 0 aliphatic carbocycles. The van der Waals surface area contributed by atoms with E-state index in [1.807, 2.05) is 0 Å². The van der Waals surface area contributed by atoms with E-state index in [9.17, 15) is 4.79 Å². The number of halogens is 1. The Balaban J connectivity index is 2.71. The molecule has 4 heteroatoms. The number of benzene rings is 1. The van der Waals surface area contributed by atoms with Crippen molar-refractivity contribution >= 4 is 26.6 Å². The van der Waals surface area contributed by atoms with Gasteiger partial charge in [-0.1, -0.05) is 12.1 Å². The highest BCUT2D eigenvalue weighted by atomic mass is 127. The summed E-state index contributed by atoms with van der Waals surface area (Å²) >= 11 is 1.55. The number of aliphatic hydroxyl groups excluding tert-OH is 1. The van der Waals surface area contributed by atoms with Crippen molar-refractivity contribution in [3.63, 3.8) is 0 Å². The van der Waals surface area contributed by atoms with Crippen molar-refractivity contribution in [1.82, 2.24) is 0 Å². The average Bonchev–Trinajstić information content (AvgIpc) is 2.05. The topological polar surface area (TPSA) is 46.5 Å². The van der Waals surface area contributed by atoms with Gasteiger partial charge >= 0.3 is 3.98 Å². The summed E-state index contributed by atoms with van der Waals surface area (Å²) in [5, 5.41) is 8.70. The zero-order valence-corrected chi connectivity index (χ0v) is 8.32. The van der Waals surface area contributed by atoms with Crippen LogP contribution >= 0.6 is 22.6 Å². The van der Waals surface area contributed by atoms with E-state index < -0.39 is 0 Å². The van der Waals surface area contributed by atoms with Crippen LogP contribution in [0.1, 0.15) is 5.56 Å². The first kappa shape index (κ1) is 9.47. The molecule has 0 spiro atoms. The third-order valence-corrected chi connectivity index (χ3v) is 1.52. The smallest absolute Gasteiger partial charge is 0.372 e. The van der Waals surface area contributed by atoms with Crippen LogP contribution in [-0.2, 0) is 6.61 Å². The second-order valence-corrected chi connectivity index (χ2v) is 3.02. The molecule has 1 N–H and O–H groups in total. The Bertz CT molecular complexity index is 268. The van der Waals surface area contributed by atoms with Gasteiger partial charge in [-0.2, -0.15) is 0 Å². The van der Waals surface area contributed by atoms with Crippen molar-refractivity contribution in [1.29, 1.82) is 0 Å². The van der Waals surface area contributed by atoms with Crippen LogP contribution in [0.4, 0.5) is 4.79 Å². The molecule has 0 bridgehead atoms. The first-order valence-electron chi connectivity index (χ1n) is 3.29. The quantitative estimate of drug-likeness (QED) is 0.665. The van der Waals surface area contributed by atoms with Gasteiger partial charge in [-0.15, -0.1) is 0 Å². The summed E-state index contributed by atoms with van der Waals surface area (Å²) in [6.45, 7) is -0.00153. The molecule has 0 fully saturated rings. The molecule has 0 saturated carbocycles. The van der Waals surface area contributed by atoms with Crippen molar-refractivity contribution in [3.05, 3.63) is 29.8 Å². The van der Waals surface area contributed by atoms with Gasteiger partial charge in [0, 0.05) is 0 Å². The summed E-state index contributed by atoms with van der Waals surface area (Å²) < 4.78 is 4.41. The monoisotopic (exact) mass is 278 g/mol. The minimum atomic E-state index is -0.371. The summed E-state index contributed by atoms with van der Waals surface area (Å²) in [6.07, 6.45) is 0. The van der Waals surface area contributed by atoms with E-state index in [0.29, 0.717) is 5.75 Å². The molecular weight excluding hydrogens is 271 g/mol. The van der Waals surface area contributed by atoms with Crippen LogP contribution in [0, 0.1) is 0 Å². The molecule has 0 saturated heterocycles. The highest BCUT2D eigenvalue weighted by Gasteiger charge is 1.97. The van der Waals surface area contributed by atoms with Crippen molar-refractivity contribution in [3.8, 4) is 5.75 Å². The fraction of sp³-hybridized carbons (Fsp3) is 0.125. The largest absolute Gasteiger partial charge is 0.419 e. The average molecular weight is 278 g/mol. The molecule has 0 aliphatic rings. The number of carbonyl (C=O) groups excluding carboxylic acids is 1. The molecule has 0 amide bonds.